The summed E-state index contributed by atoms with van der Waals surface area (Å²) in [6.07, 6.45) is 1.39. The summed E-state index contributed by atoms with van der Waals surface area (Å²) in [5.74, 6) is 0.0833. The van der Waals surface area contributed by atoms with Crippen LogP contribution in [0.4, 0.5) is 5.69 Å². The van der Waals surface area contributed by atoms with Gasteiger partial charge in [0, 0.05) is 51.9 Å². The fourth-order valence-electron chi connectivity index (χ4n) is 4.00. The van der Waals surface area contributed by atoms with Crippen LogP contribution < -0.4 is 5.32 Å². The van der Waals surface area contributed by atoms with E-state index >= 15 is 0 Å². The minimum absolute atomic E-state index is 0.0685. The summed E-state index contributed by atoms with van der Waals surface area (Å²) in [6, 6.07) is 16.9. The average molecular weight is 365 g/mol. The van der Waals surface area contributed by atoms with E-state index in [9.17, 15) is 4.79 Å². The second-order valence-corrected chi connectivity index (χ2v) is 7.41. The summed E-state index contributed by atoms with van der Waals surface area (Å²) in [5.41, 5.74) is 4.62. The quantitative estimate of drug-likeness (QED) is 0.854. The lowest BCUT2D eigenvalue weighted by Crippen LogP contribution is -2.51. The van der Waals surface area contributed by atoms with Gasteiger partial charge in [0.1, 0.15) is 6.23 Å². The summed E-state index contributed by atoms with van der Waals surface area (Å²) in [4.78, 5) is 16.5. The minimum Gasteiger partial charge on any atom is -0.366 e. The molecule has 0 aliphatic carbocycles. The lowest BCUT2D eigenvalue weighted by molar-refractivity contribution is -0.115. The highest BCUT2D eigenvalue weighted by atomic mass is 16.5. The molecule has 2 aliphatic rings. The number of carbonyl (C=O) groups excluding carboxylic acids is 1. The largest absolute Gasteiger partial charge is 0.366 e. The Morgan fingerprint density at radius 2 is 1.81 bits per heavy atom. The number of hydrogen-bond donors (Lipinski definition) is 1. The molecule has 2 aromatic carbocycles. The maximum absolute atomic E-state index is 11.6. The average Bonchev–Trinajstić information content (AvgIpc) is 3.07. The maximum atomic E-state index is 11.6. The summed E-state index contributed by atoms with van der Waals surface area (Å²) >= 11 is 0. The number of carbonyl (C=O) groups is 1. The van der Waals surface area contributed by atoms with Crippen molar-refractivity contribution in [3.63, 3.8) is 0 Å². The van der Waals surface area contributed by atoms with E-state index in [1.807, 2.05) is 0 Å². The van der Waals surface area contributed by atoms with Crippen molar-refractivity contribution in [1.82, 2.24) is 9.80 Å². The number of hydrogen-bond acceptors (Lipinski definition) is 4. The summed E-state index contributed by atoms with van der Waals surface area (Å²) in [7, 11) is 1.79. The molecule has 4 rings (SSSR count). The molecule has 2 aromatic rings. The van der Waals surface area contributed by atoms with Crippen molar-refractivity contribution in [2.75, 3.05) is 38.6 Å². The summed E-state index contributed by atoms with van der Waals surface area (Å²) < 4.78 is 5.81. The van der Waals surface area contributed by atoms with E-state index in [2.05, 4.69) is 63.6 Å². The van der Waals surface area contributed by atoms with Gasteiger partial charge < -0.3 is 10.1 Å². The van der Waals surface area contributed by atoms with Crippen LogP contribution in [0.15, 0.2) is 48.5 Å². The number of ether oxygens (including phenoxy) is 1. The van der Waals surface area contributed by atoms with Crippen molar-refractivity contribution in [3.05, 3.63) is 65.2 Å². The molecule has 1 N–H and O–H groups in total. The molecular weight excluding hydrogens is 338 g/mol. The van der Waals surface area contributed by atoms with Crippen LogP contribution >= 0.6 is 0 Å². The van der Waals surface area contributed by atoms with Crippen LogP contribution in [0.25, 0.3) is 0 Å². The molecule has 1 atom stereocenters. The molecule has 142 valence electrons. The molecule has 0 bridgehead atoms. The summed E-state index contributed by atoms with van der Waals surface area (Å²) in [6.45, 7) is 5.13. The number of benzene rings is 2. The van der Waals surface area contributed by atoms with Crippen LogP contribution in [0.2, 0.25) is 0 Å². The standard InChI is InChI=1S/C22H27N3O2/c1-27-22(14-18-7-8-19-15-21(26)23-20(19)13-18)25-11-9-24(10-12-25)16-17-5-3-2-4-6-17/h2-8,13,22H,9-12,14-16H2,1H3,(H,23,26). The predicted molar refractivity (Wildman–Crippen MR) is 107 cm³/mol. The van der Waals surface area contributed by atoms with Crippen molar-refractivity contribution < 1.29 is 9.53 Å². The Labute approximate surface area is 160 Å². The second kappa shape index (κ2) is 8.21. The third-order valence-electron chi connectivity index (χ3n) is 5.54. The highest BCUT2D eigenvalue weighted by Crippen LogP contribution is 2.25. The SMILES string of the molecule is COC(Cc1ccc2c(c1)NC(=O)C2)N1CCN(Cc2ccccc2)CC1. The van der Waals surface area contributed by atoms with Gasteiger partial charge in [0.15, 0.2) is 0 Å². The second-order valence-electron chi connectivity index (χ2n) is 7.41. The summed E-state index contributed by atoms with van der Waals surface area (Å²) in [5, 5.41) is 2.94. The molecule has 1 amide bonds. The van der Waals surface area contributed by atoms with Gasteiger partial charge in [0.05, 0.1) is 6.42 Å². The third kappa shape index (κ3) is 4.38. The van der Waals surface area contributed by atoms with E-state index in [1.54, 1.807) is 7.11 Å². The Morgan fingerprint density at radius 1 is 1.04 bits per heavy atom. The molecule has 0 spiro atoms. The highest BCUT2D eigenvalue weighted by Gasteiger charge is 2.25. The zero-order valence-corrected chi connectivity index (χ0v) is 15.9. The molecule has 2 heterocycles. The number of nitrogens with zero attached hydrogens (tertiary/aromatic N) is 2. The van der Waals surface area contributed by atoms with Crippen molar-refractivity contribution >= 4 is 11.6 Å². The number of amides is 1. The Morgan fingerprint density at radius 3 is 2.56 bits per heavy atom. The normalized spacial score (nSPS) is 18.9. The fraction of sp³-hybridized carbons (Fsp3) is 0.409. The molecule has 2 aliphatic heterocycles. The van der Waals surface area contributed by atoms with Gasteiger partial charge in [0.25, 0.3) is 0 Å². The zero-order chi connectivity index (χ0) is 18.6. The first-order valence-electron chi connectivity index (χ1n) is 9.66. The number of nitrogens with one attached hydrogen (secondary N) is 1. The number of methoxy groups -OCH3 is 1. The number of rotatable bonds is 6. The van der Waals surface area contributed by atoms with Gasteiger partial charge in [-0.25, -0.2) is 0 Å². The maximum Gasteiger partial charge on any atom is 0.228 e. The first-order valence-corrected chi connectivity index (χ1v) is 9.66. The van der Waals surface area contributed by atoms with Gasteiger partial charge in [-0.1, -0.05) is 42.5 Å². The van der Waals surface area contributed by atoms with Gasteiger partial charge in [-0.2, -0.15) is 0 Å². The molecular formula is C22H27N3O2. The van der Waals surface area contributed by atoms with Crippen LogP contribution in [0.5, 0.6) is 0 Å². The lowest BCUT2D eigenvalue weighted by Gasteiger charge is -2.38. The van der Waals surface area contributed by atoms with Crippen LogP contribution in [0, 0.1) is 0 Å². The van der Waals surface area contributed by atoms with Gasteiger partial charge in [0.2, 0.25) is 5.91 Å². The van der Waals surface area contributed by atoms with E-state index in [-0.39, 0.29) is 12.1 Å². The van der Waals surface area contributed by atoms with Crippen molar-refractivity contribution in [1.29, 1.82) is 0 Å². The molecule has 0 radical (unpaired) electrons. The molecule has 1 fully saturated rings. The topological polar surface area (TPSA) is 44.8 Å². The molecule has 1 saturated heterocycles. The lowest BCUT2D eigenvalue weighted by atomic mass is 10.1. The van der Waals surface area contributed by atoms with Crippen molar-refractivity contribution in [2.24, 2.45) is 0 Å². The van der Waals surface area contributed by atoms with Gasteiger partial charge >= 0.3 is 0 Å². The van der Waals surface area contributed by atoms with Gasteiger partial charge in [-0.15, -0.1) is 0 Å². The Balaban J connectivity index is 1.33. The fourth-order valence-corrected chi connectivity index (χ4v) is 4.00. The van der Waals surface area contributed by atoms with Crippen molar-refractivity contribution in [2.45, 2.75) is 25.6 Å². The Kier molecular flexibility index (Phi) is 5.53. The predicted octanol–water partition coefficient (Wildman–Crippen LogP) is 2.51. The molecule has 1 unspecified atom stereocenters. The van der Waals surface area contributed by atoms with Crippen LogP contribution in [0.1, 0.15) is 16.7 Å². The zero-order valence-electron chi connectivity index (χ0n) is 15.9. The van der Waals surface area contributed by atoms with Crippen LogP contribution in [0.3, 0.4) is 0 Å². The first kappa shape index (κ1) is 18.2. The van der Waals surface area contributed by atoms with Crippen LogP contribution in [-0.2, 0) is 28.9 Å². The molecule has 0 aromatic heterocycles. The molecule has 5 nitrogen and oxygen atoms in total. The van der Waals surface area contributed by atoms with E-state index in [1.165, 1.54) is 11.1 Å². The van der Waals surface area contributed by atoms with Crippen LogP contribution in [-0.4, -0.2) is 55.2 Å². The van der Waals surface area contributed by atoms with Crippen molar-refractivity contribution in [3.8, 4) is 0 Å². The van der Waals surface area contributed by atoms with E-state index in [0.29, 0.717) is 6.42 Å². The molecule has 0 saturated carbocycles. The smallest absolute Gasteiger partial charge is 0.228 e. The Bertz CT molecular complexity index is 785. The Hall–Kier alpha value is -2.21. The van der Waals surface area contributed by atoms with E-state index in [0.717, 1.165) is 50.4 Å². The molecule has 27 heavy (non-hydrogen) atoms. The van der Waals surface area contributed by atoms with Gasteiger partial charge in [-0.3, -0.25) is 14.6 Å². The number of anilines is 1. The highest BCUT2D eigenvalue weighted by molar-refractivity contribution is 5.99. The van der Waals surface area contributed by atoms with E-state index < -0.39 is 0 Å². The third-order valence-corrected chi connectivity index (χ3v) is 5.54. The minimum atomic E-state index is 0.0685. The van der Waals surface area contributed by atoms with Gasteiger partial charge in [-0.05, 0) is 22.8 Å². The first-order chi connectivity index (χ1) is 13.2. The number of fused-ring (bicyclic) bond motifs is 1. The van der Waals surface area contributed by atoms with E-state index in [4.69, 9.17) is 4.74 Å². The molecule has 5 heteroatoms. The number of piperazine rings is 1. The monoisotopic (exact) mass is 365 g/mol.